The minimum Gasteiger partial charge on any atom is -0.332 e. The second-order valence-corrected chi connectivity index (χ2v) is 6.00. The largest absolute Gasteiger partial charge is 0.332 e. The summed E-state index contributed by atoms with van der Waals surface area (Å²) in [5, 5.41) is 5.90. The van der Waals surface area contributed by atoms with Crippen LogP contribution in [-0.2, 0) is 11.1 Å². The zero-order chi connectivity index (χ0) is 14.7. The maximum Gasteiger partial charge on any atom is 0.187 e. The molecule has 0 aliphatic heterocycles. The van der Waals surface area contributed by atoms with E-state index in [1.807, 2.05) is 17.5 Å². The first-order valence-electron chi connectivity index (χ1n) is 6.06. The lowest BCUT2D eigenvalue weighted by Gasteiger charge is -2.02. The van der Waals surface area contributed by atoms with Crippen LogP contribution < -0.4 is 5.32 Å². The van der Waals surface area contributed by atoms with E-state index in [9.17, 15) is 4.21 Å². The van der Waals surface area contributed by atoms with Crippen molar-refractivity contribution in [1.29, 1.82) is 0 Å². The van der Waals surface area contributed by atoms with Gasteiger partial charge in [0.1, 0.15) is 0 Å². The molecule has 1 unspecified atom stereocenters. The van der Waals surface area contributed by atoms with Gasteiger partial charge in [0, 0.05) is 29.0 Å². The van der Waals surface area contributed by atoms with Crippen LogP contribution >= 0.6 is 11.3 Å². The van der Waals surface area contributed by atoms with E-state index in [-0.39, 0.29) is 0 Å². The van der Waals surface area contributed by atoms with Crippen molar-refractivity contribution in [2.75, 3.05) is 5.32 Å². The molecule has 1 aromatic carbocycles. The van der Waals surface area contributed by atoms with Gasteiger partial charge in [0.2, 0.25) is 0 Å². The van der Waals surface area contributed by atoms with Crippen molar-refractivity contribution in [3.8, 4) is 11.3 Å². The highest BCUT2D eigenvalue weighted by molar-refractivity contribution is 7.79. The van der Waals surface area contributed by atoms with Crippen LogP contribution in [0.15, 0.2) is 59.1 Å². The van der Waals surface area contributed by atoms with Crippen LogP contribution in [0.3, 0.4) is 0 Å². The zero-order valence-electron chi connectivity index (χ0n) is 10.8. The average molecular weight is 317 g/mol. The summed E-state index contributed by atoms with van der Waals surface area (Å²) in [6.45, 7) is 0. The third kappa shape index (κ3) is 3.33. The molecule has 2 aromatic heterocycles. The van der Waals surface area contributed by atoms with Crippen molar-refractivity contribution >= 4 is 33.2 Å². The van der Waals surface area contributed by atoms with Crippen LogP contribution in [0.4, 0.5) is 10.8 Å². The number of nitrogens with zero attached hydrogens (tertiary/aromatic N) is 2. The molecule has 0 aliphatic rings. The highest BCUT2D eigenvalue weighted by Crippen LogP contribution is 2.26. The smallest absolute Gasteiger partial charge is 0.187 e. The molecule has 0 bridgehead atoms. The Morgan fingerprint density at radius 2 is 1.81 bits per heavy atom. The SMILES string of the molecule is O=S(O)c1ccc(Nc2nc(-c3ccncc3)cs2)cc1. The summed E-state index contributed by atoms with van der Waals surface area (Å²) >= 11 is -0.454. The highest BCUT2D eigenvalue weighted by Gasteiger charge is 2.05. The molecular formula is C14H11N3O2S2. The molecule has 0 aliphatic carbocycles. The van der Waals surface area contributed by atoms with Gasteiger partial charge in [-0.3, -0.25) is 4.98 Å². The van der Waals surface area contributed by atoms with E-state index in [1.54, 1.807) is 36.7 Å². The second kappa shape index (κ2) is 6.13. The van der Waals surface area contributed by atoms with Crippen LogP contribution in [0, 0.1) is 0 Å². The Bertz CT molecular complexity index is 757. The normalized spacial score (nSPS) is 12.0. The molecule has 0 spiro atoms. The summed E-state index contributed by atoms with van der Waals surface area (Å²) in [4.78, 5) is 8.86. The van der Waals surface area contributed by atoms with Crippen molar-refractivity contribution in [3.05, 3.63) is 54.2 Å². The fourth-order valence-electron chi connectivity index (χ4n) is 1.76. The van der Waals surface area contributed by atoms with Gasteiger partial charge in [0.25, 0.3) is 0 Å². The standard InChI is InChI=1S/C14H11N3O2S2/c18-21(19)12-3-1-11(2-4-12)16-14-17-13(9-20-14)10-5-7-15-8-6-10/h1-9H,(H,16,17)(H,18,19). The molecule has 0 saturated carbocycles. The van der Waals surface area contributed by atoms with Gasteiger partial charge in [-0.15, -0.1) is 11.3 Å². The summed E-state index contributed by atoms with van der Waals surface area (Å²) in [7, 11) is 0. The minimum atomic E-state index is -1.95. The third-order valence-corrected chi connectivity index (χ3v) is 4.22. The van der Waals surface area contributed by atoms with E-state index in [0.717, 1.165) is 22.1 Å². The van der Waals surface area contributed by atoms with Crippen LogP contribution in [0.25, 0.3) is 11.3 Å². The maximum atomic E-state index is 10.9. The number of hydrogen-bond donors (Lipinski definition) is 2. The first kappa shape index (κ1) is 13.9. The molecule has 106 valence electrons. The fraction of sp³-hybridized carbons (Fsp3) is 0. The molecule has 2 N–H and O–H groups in total. The van der Waals surface area contributed by atoms with Crippen LogP contribution in [0.5, 0.6) is 0 Å². The van der Waals surface area contributed by atoms with Crippen LogP contribution in [-0.4, -0.2) is 18.7 Å². The number of benzene rings is 1. The molecule has 0 radical (unpaired) electrons. The number of hydrogen-bond acceptors (Lipinski definition) is 5. The number of anilines is 2. The molecule has 0 amide bonds. The number of rotatable bonds is 4. The highest BCUT2D eigenvalue weighted by atomic mass is 32.2. The zero-order valence-corrected chi connectivity index (χ0v) is 12.4. The molecule has 2 heterocycles. The van der Waals surface area contributed by atoms with E-state index in [0.29, 0.717) is 4.90 Å². The molecule has 0 saturated heterocycles. The van der Waals surface area contributed by atoms with Crippen LogP contribution in [0.2, 0.25) is 0 Å². The lowest BCUT2D eigenvalue weighted by molar-refractivity contribution is 0.564. The van der Waals surface area contributed by atoms with Gasteiger partial charge in [-0.25, -0.2) is 9.19 Å². The number of pyridine rings is 1. The van der Waals surface area contributed by atoms with Gasteiger partial charge in [-0.2, -0.15) is 0 Å². The minimum absolute atomic E-state index is 0.372. The molecule has 7 heteroatoms. The molecule has 3 aromatic rings. The monoisotopic (exact) mass is 317 g/mol. The molecule has 0 fully saturated rings. The Morgan fingerprint density at radius 1 is 1.10 bits per heavy atom. The molecule has 5 nitrogen and oxygen atoms in total. The number of thiazole rings is 1. The number of nitrogens with one attached hydrogen (secondary N) is 1. The van der Waals surface area contributed by atoms with Crippen molar-refractivity contribution in [2.45, 2.75) is 4.90 Å². The molecular weight excluding hydrogens is 306 g/mol. The summed E-state index contributed by atoms with van der Waals surface area (Å²) in [5.41, 5.74) is 2.72. The third-order valence-electron chi connectivity index (χ3n) is 2.79. The fourth-order valence-corrected chi connectivity index (χ4v) is 2.87. The van der Waals surface area contributed by atoms with Crippen LogP contribution in [0.1, 0.15) is 0 Å². The van der Waals surface area contributed by atoms with E-state index in [1.165, 1.54) is 11.3 Å². The summed E-state index contributed by atoms with van der Waals surface area (Å²) in [6, 6.07) is 10.5. The topological polar surface area (TPSA) is 75.1 Å². The Hall–Kier alpha value is -2.09. The Labute approximate surface area is 128 Å². The van der Waals surface area contributed by atoms with Gasteiger partial charge in [-0.05, 0) is 36.4 Å². The van der Waals surface area contributed by atoms with Gasteiger partial charge in [0.05, 0.1) is 10.6 Å². The summed E-state index contributed by atoms with van der Waals surface area (Å²) in [5.74, 6) is 0. The summed E-state index contributed by atoms with van der Waals surface area (Å²) < 4.78 is 19.9. The van der Waals surface area contributed by atoms with Crippen molar-refractivity contribution in [1.82, 2.24) is 9.97 Å². The Kier molecular flexibility index (Phi) is 4.05. The lowest BCUT2D eigenvalue weighted by Crippen LogP contribution is -1.92. The maximum absolute atomic E-state index is 10.9. The molecule has 1 atom stereocenters. The number of aromatic nitrogens is 2. The first-order valence-corrected chi connectivity index (χ1v) is 8.05. The van der Waals surface area contributed by atoms with Crippen molar-refractivity contribution in [3.63, 3.8) is 0 Å². The lowest BCUT2D eigenvalue weighted by atomic mass is 10.2. The van der Waals surface area contributed by atoms with E-state index in [2.05, 4.69) is 15.3 Å². The van der Waals surface area contributed by atoms with E-state index >= 15 is 0 Å². The summed E-state index contributed by atoms with van der Waals surface area (Å²) in [6.07, 6.45) is 3.46. The van der Waals surface area contributed by atoms with Crippen molar-refractivity contribution in [2.24, 2.45) is 0 Å². The predicted molar refractivity (Wildman–Crippen MR) is 84.1 cm³/mol. The van der Waals surface area contributed by atoms with E-state index < -0.39 is 11.1 Å². The van der Waals surface area contributed by atoms with Gasteiger partial charge >= 0.3 is 0 Å². The second-order valence-electron chi connectivity index (χ2n) is 4.17. The predicted octanol–water partition coefficient (Wildman–Crippen LogP) is 3.53. The average Bonchev–Trinajstić information content (AvgIpc) is 2.97. The van der Waals surface area contributed by atoms with Crippen molar-refractivity contribution < 1.29 is 8.76 Å². The van der Waals surface area contributed by atoms with Gasteiger partial charge < -0.3 is 9.87 Å². The molecule has 21 heavy (non-hydrogen) atoms. The quantitative estimate of drug-likeness (QED) is 0.720. The Morgan fingerprint density at radius 3 is 2.48 bits per heavy atom. The Balaban J connectivity index is 1.77. The van der Waals surface area contributed by atoms with Gasteiger partial charge in [0.15, 0.2) is 16.2 Å². The van der Waals surface area contributed by atoms with E-state index in [4.69, 9.17) is 4.55 Å². The molecule has 3 rings (SSSR count). The van der Waals surface area contributed by atoms with Gasteiger partial charge in [-0.1, -0.05) is 0 Å². The first-order chi connectivity index (χ1) is 10.2.